The van der Waals surface area contributed by atoms with Crippen molar-refractivity contribution in [3.63, 3.8) is 0 Å². The van der Waals surface area contributed by atoms with Gasteiger partial charge < -0.3 is 5.11 Å². The Morgan fingerprint density at radius 1 is 1.47 bits per heavy atom. The zero-order valence-electron chi connectivity index (χ0n) is 9.61. The molecular formula is C10H17N3O2. The van der Waals surface area contributed by atoms with Crippen molar-refractivity contribution < 1.29 is 9.90 Å². The second-order valence-corrected chi connectivity index (χ2v) is 4.56. The summed E-state index contributed by atoms with van der Waals surface area (Å²) in [5.41, 5.74) is 0.500. The second kappa shape index (κ2) is 4.00. The molecule has 0 unspecified atom stereocenters. The molecule has 0 spiro atoms. The SMILES string of the molecule is CCCn1nnc(C(=O)O)c1C(C)(C)C. The van der Waals surface area contributed by atoms with Crippen molar-refractivity contribution in [2.45, 2.75) is 46.1 Å². The Kier molecular flexibility index (Phi) is 3.12. The Morgan fingerprint density at radius 3 is 2.47 bits per heavy atom. The van der Waals surface area contributed by atoms with E-state index in [0.717, 1.165) is 6.42 Å². The van der Waals surface area contributed by atoms with Crippen LogP contribution in [0.1, 0.15) is 50.3 Å². The molecule has 0 radical (unpaired) electrons. The van der Waals surface area contributed by atoms with Gasteiger partial charge in [0.25, 0.3) is 0 Å². The lowest BCUT2D eigenvalue weighted by Gasteiger charge is -2.19. The number of hydrogen-bond acceptors (Lipinski definition) is 3. The van der Waals surface area contributed by atoms with Crippen LogP contribution in [-0.2, 0) is 12.0 Å². The van der Waals surface area contributed by atoms with Gasteiger partial charge in [0.15, 0.2) is 5.69 Å². The topological polar surface area (TPSA) is 68.0 Å². The Bertz CT molecular complexity index is 363. The van der Waals surface area contributed by atoms with E-state index in [1.54, 1.807) is 4.68 Å². The molecule has 1 N–H and O–H groups in total. The first-order valence-electron chi connectivity index (χ1n) is 5.05. The third-order valence-electron chi connectivity index (χ3n) is 2.08. The molecular weight excluding hydrogens is 194 g/mol. The Morgan fingerprint density at radius 2 is 2.07 bits per heavy atom. The van der Waals surface area contributed by atoms with E-state index in [1.807, 2.05) is 27.7 Å². The monoisotopic (exact) mass is 211 g/mol. The van der Waals surface area contributed by atoms with E-state index in [-0.39, 0.29) is 11.1 Å². The molecule has 0 aromatic carbocycles. The van der Waals surface area contributed by atoms with Crippen molar-refractivity contribution >= 4 is 5.97 Å². The number of rotatable bonds is 3. The highest BCUT2D eigenvalue weighted by molar-refractivity contribution is 5.86. The van der Waals surface area contributed by atoms with Crippen LogP contribution in [0.15, 0.2) is 0 Å². The molecule has 0 aliphatic heterocycles. The molecule has 1 rings (SSSR count). The van der Waals surface area contributed by atoms with Crippen molar-refractivity contribution in [3.05, 3.63) is 11.4 Å². The summed E-state index contributed by atoms with van der Waals surface area (Å²) in [5.74, 6) is -1.01. The van der Waals surface area contributed by atoms with Crippen molar-refractivity contribution in [1.82, 2.24) is 15.0 Å². The minimum atomic E-state index is -1.01. The van der Waals surface area contributed by atoms with E-state index in [4.69, 9.17) is 5.11 Å². The van der Waals surface area contributed by atoms with Gasteiger partial charge in [0.05, 0.1) is 5.69 Å². The van der Waals surface area contributed by atoms with Crippen molar-refractivity contribution in [2.75, 3.05) is 0 Å². The number of nitrogens with zero attached hydrogens (tertiary/aromatic N) is 3. The van der Waals surface area contributed by atoms with Gasteiger partial charge in [-0.15, -0.1) is 5.10 Å². The summed E-state index contributed by atoms with van der Waals surface area (Å²) in [4.78, 5) is 11.0. The van der Waals surface area contributed by atoms with Crippen LogP contribution in [0.4, 0.5) is 0 Å². The number of carboxylic acids is 1. The average Bonchev–Trinajstić information content (AvgIpc) is 2.47. The Hall–Kier alpha value is -1.39. The van der Waals surface area contributed by atoms with Gasteiger partial charge in [-0.05, 0) is 6.42 Å². The van der Waals surface area contributed by atoms with E-state index in [1.165, 1.54) is 0 Å². The van der Waals surface area contributed by atoms with Gasteiger partial charge in [0.1, 0.15) is 0 Å². The van der Waals surface area contributed by atoms with Crippen LogP contribution in [0.25, 0.3) is 0 Å². The lowest BCUT2D eigenvalue weighted by Crippen LogP contribution is -2.21. The second-order valence-electron chi connectivity index (χ2n) is 4.56. The maximum absolute atomic E-state index is 11.0. The van der Waals surface area contributed by atoms with E-state index in [0.29, 0.717) is 12.2 Å². The van der Waals surface area contributed by atoms with Crippen LogP contribution in [0.2, 0.25) is 0 Å². The van der Waals surface area contributed by atoms with Gasteiger partial charge in [0.2, 0.25) is 0 Å². The summed E-state index contributed by atoms with van der Waals surface area (Å²) in [6.07, 6.45) is 0.908. The number of carboxylic acid groups (broad SMARTS) is 1. The predicted octanol–water partition coefficient (Wildman–Crippen LogP) is 1.68. The number of aryl methyl sites for hydroxylation is 1. The van der Waals surface area contributed by atoms with Crippen LogP contribution in [0.3, 0.4) is 0 Å². The average molecular weight is 211 g/mol. The molecule has 0 amide bonds. The highest BCUT2D eigenvalue weighted by atomic mass is 16.4. The first-order chi connectivity index (χ1) is 6.88. The molecule has 1 heterocycles. The van der Waals surface area contributed by atoms with Crippen LogP contribution in [0.5, 0.6) is 0 Å². The molecule has 1 aromatic heterocycles. The molecule has 0 saturated heterocycles. The van der Waals surface area contributed by atoms with Gasteiger partial charge >= 0.3 is 5.97 Å². The maximum atomic E-state index is 11.0. The Labute approximate surface area is 89.1 Å². The minimum Gasteiger partial charge on any atom is -0.476 e. The van der Waals surface area contributed by atoms with Crippen LogP contribution < -0.4 is 0 Å². The fourth-order valence-electron chi connectivity index (χ4n) is 1.57. The first-order valence-corrected chi connectivity index (χ1v) is 5.05. The van der Waals surface area contributed by atoms with Crippen molar-refractivity contribution in [3.8, 4) is 0 Å². The lowest BCUT2D eigenvalue weighted by molar-refractivity contribution is 0.0687. The fraction of sp³-hybridized carbons (Fsp3) is 0.700. The van der Waals surface area contributed by atoms with E-state index in [2.05, 4.69) is 10.3 Å². The highest BCUT2D eigenvalue weighted by Crippen LogP contribution is 2.24. The summed E-state index contributed by atoms with van der Waals surface area (Å²) in [5, 5.41) is 16.6. The molecule has 5 nitrogen and oxygen atoms in total. The summed E-state index contributed by atoms with van der Waals surface area (Å²) in [6, 6.07) is 0. The molecule has 15 heavy (non-hydrogen) atoms. The molecule has 5 heteroatoms. The Balaban J connectivity index is 3.27. The van der Waals surface area contributed by atoms with Crippen molar-refractivity contribution in [2.24, 2.45) is 0 Å². The largest absolute Gasteiger partial charge is 0.476 e. The van der Waals surface area contributed by atoms with Gasteiger partial charge in [-0.2, -0.15) is 0 Å². The molecule has 0 bridgehead atoms. The maximum Gasteiger partial charge on any atom is 0.358 e. The minimum absolute atomic E-state index is 0.0657. The van der Waals surface area contributed by atoms with Crippen LogP contribution in [-0.4, -0.2) is 26.1 Å². The van der Waals surface area contributed by atoms with E-state index in [9.17, 15) is 4.79 Å². The molecule has 0 aliphatic rings. The van der Waals surface area contributed by atoms with Gasteiger partial charge in [0, 0.05) is 12.0 Å². The third kappa shape index (κ3) is 2.34. The smallest absolute Gasteiger partial charge is 0.358 e. The van der Waals surface area contributed by atoms with Gasteiger partial charge in [-0.1, -0.05) is 32.9 Å². The highest BCUT2D eigenvalue weighted by Gasteiger charge is 2.28. The van der Waals surface area contributed by atoms with E-state index < -0.39 is 5.97 Å². The zero-order valence-corrected chi connectivity index (χ0v) is 9.61. The molecule has 0 fully saturated rings. The summed E-state index contributed by atoms with van der Waals surface area (Å²) >= 11 is 0. The number of carbonyl (C=O) groups is 1. The summed E-state index contributed by atoms with van der Waals surface area (Å²) in [6.45, 7) is 8.61. The predicted molar refractivity (Wildman–Crippen MR) is 56.0 cm³/mol. The first kappa shape index (κ1) is 11.7. The zero-order chi connectivity index (χ0) is 11.6. The normalized spacial score (nSPS) is 11.7. The molecule has 0 aliphatic carbocycles. The van der Waals surface area contributed by atoms with Gasteiger partial charge in [-0.3, -0.25) is 0 Å². The summed E-state index contributed by atoms with van der Waals surface area (Å²) < 4.78 is 1.68. The van der Waals surface area contributed by atoms with E-state index >= 15 is 0 Å². The number of hydrogen-bond donors (Lipinski definition) is 1. The number of aromatic carboxylic acids is 1. The van der Waals surface area contributed by atoms with Gasteiger partial charge in [-0.25, -0.2) is 9.48 Å². The molecule has 1 aromatic rings. The summed E-state index contributed by atoms with van der Waals surface area (Å²) in [7, 11) is 0. The number of aromatic nitrogens is 3. The quantitative estimate of drug-likeness (QED) is 0.826. The molecule has 84 valence electrons. The molecule has 0 saturated carbocycles. The van der Waals surface area contributed by atoms with Crippen LogP contribution in [0, 0.1) is 0 Å². The molecule has 0 atom stereocenters. The van der Waals surface area contributed by atoms with Crippen LogP contribution >= 0.6 is 0 Å². The standard InChI is InChI=1S/C10H17N3O2/c1-5-6-13-8(10(2,3)4)7(9(14)15)11-12-13/h5-6H2,1-4H3,(H,14,15). The fourth-order valence-corrected chi connectivity index (χ4v) is 1.57. The van der Waals surface area contributed by atoms with Crippen molar-refractivity contribution in [1.29, 1.82) is 0 Å². The lowest BCUT2D eigenvalue weighted by atomic mass is 9.90. The third-order valence-corrected chi connectivity index (χ3v) is 2.08.